The molecule has 0 amide bonds. The summed E-state index contributed by atoms with van der Waals surface area (Å²) < 4.78 is 11.5. The van der Waals surface area contributed by atoms with E-state index < -0.39 is 5.97 Å². The molecule has 0 bridgehead atoms. The van der Waals surface area contributed by atoms with Crippen molar-refractivity contribution in [3.63, 3.8) is 0 Å². The zero-order valence-electron chi connectivity index (χ0n) is 19.3. The molecule has 1 aliphatic heterocycles. The molecular formula is C25H33ClN2O4S. The van der Waals surface area contributed by atoms with Crippen LogP contribution in [0.1, 0.15) is 52.7 Å². The number of carboxylic acid groups (broad SMARTS) is 1. The average Bonchev–Trinajstić information content (AvgIpc) is 3.14. The van der Waals surface area contributed by atoms with Gasteiger partial charge in [-0.05, 0) is 63.6 Å². The first-order valence-corrected chi connectivity index (χ1v) is 12.9. The minimum atomic E-state index is -0.950. The van der Waals surface area contributed by atoms with Crippen LogP contribution in [0, 0.1) is 13.8 Å². The highest BCUT2D eigenvalue weighted by molar-refractivity contribution is 7.11. The lowest BCUT2D eigenvalue weighted by Crippen LogP contribution is -2.56. The molecule has 2 fully saturated rings. The summed E-state index contributed by atoms with van der Waals surface area (Å²) in [6.07, 6.45) is 5.40. The second kappa shape index (κ2) is 11.3. The molecule has 2 atom stereocenters. The van der Waals surface area contributed by atoms with Gasteiger partial charge in [-0.3, -0.25) is 4.90 Å². The second-order valence-corrected chi connectivity index (χ2v) is 10.9. The van der Waals surface area contributed by atoms with Gasteiger partial charge in [0.25, 0.3) is 0 Å². The highest BCUT2D eigenvalue weighted by Gasteiger charge is 2.36. The first-order valence-electron chi connectivity index (χ1n) is 11.7. The SMILES string of the molecule is Cc1nc(C2CCC(N3CC(COCC(=O)O)OCC3Cc3ccc(Cl)cc3)CC2)sc1C. The minimum absolute atomic E-state index is 0.104. The van der Waals surface area contributed by atoms with E-state index in [1.165, 1.54) is 15.4 Å². The van der Waals surface area contributed by atoms with Gasteiger partial charge in [0.1, 0.15) is 6.61 Å². The van der Waals surface area contributed by atoms with Crippen LogP contribution in [0.3, 0.4) is 0 Å². The van der Waals surface area contributed by atoms with Gasteiger partial charge in [0.05, 0.1) is 30.0 Å². The molecule has 180 valence electrons. The number of aromatic nitrogens is 1. The van der Waals surface area contributed by atoms with Gasteiger partial charge in [0.2, 0.25) is 0 Å². The van der Waals surface area contributed by atoms with Crippen molar-refractivity contribution in [2.45, 2.75) is 70.1 Å². The van der Waals surface area contributed by atoms with E-state index in [1.54, 1.807) is 0 Å². The predicted molar refractivity (Wildman–Crippen MR) is 130 cm³/mol. The van der Waals surface area contributed by atoms with Crippen LogP contribution in [0.2, 0.25) is 5.02 Å². The Morgan fingerprint density at radius 2 is 1.97 bits per heavy atom. The molecule has 1 aromatic carbocycles. The molecule has 2 aromatic rings. The van der Waals surface area contributed by atoms with Gasteiger partial charge in [-0.25, -0.2) is 9.78 Å². The molecular weight excluding hydrogens is 460 g/mol. The number of aryl methyl sites for hydroxylation is 2. The first-order chi connectivity index (χ1) is 15.9. The smallest absolute Gasteiger partial charge is 0.329 e. The average molecular weight is 493 g/mol. The molecule has 0 spiro atoms. The van der Waals surface area contributed by atoms with Gasteiger partial charge in [-0.15, -0.1) is 11.3 Å². The lowest BCUT2D eigenvalue weighted by molar-refractivity contribution is -0.147. The Morgan fingerprint density at radius 1 is 1.24 bits per heavy atom. The van der Waals surface area contributed by atoms with Crippen LogP contribution >= 0.6 is 22.9 Å². The maximum absolute atomic E-state index is 10.8. The normalized spacial score (nSPS) is 26.4. The summed E-state index contributed by atoms with van der Waals surface area (Å²) in [7, 11) is 0. The van der Waals surface area contributed by atoms with E-state index in [-0.39, 0.29) is 18.8 Å². The summed E-state index contributed by atoms with van der Waals surface area (Å²) in [4.78, 5) is 19.6. The van der Waals surface area contributed by atoms with Gasteiger partial charge in [-0.2, -0.15) is 0 Å². The number of rotatable bonds is 8. The maximum Gasteiger partial charge on any atom is 0.329 e. The Hall–Kier alpha value is -1.51. The van der Waals surface area contributed by atoms with E-state index in [2.05, 4.69) is 30.9 Å². The van der Waals surface area contributed by atoms with Crippen molar-refractivity contribution < 1.29 is 19.4 Å². The molecule has 0 radical (unpaired) electrons. The van der Waals surface area contributed by atoms with Gasteiger partial charge < -0.3 is 14.6 Å². The topological polar surface area (TPSA) is 71.9 Å². The summed E-state index contributed by atoms with van der Waals surface area (Å²) in [6.45, 7) is 5.67. The Bertz CT molecular complexity index is 907. The van der Waals surface area contributed by atoms with Crippen LogP contribution in [-0.4, -0.2) is 65.5 Å². The van der Waals surface area contributed by atoms with Gasteiger partial charge in [-0.1, -0.05) is 23.7 Å². The molecule has 1 saturated carbocycles. The molecule has 6 nitrogen and oxygen atoms in total. The van der Waals surface area contributed by atoms with E-state index in [1.807, 2.05) is 23.5 Å². The molecule has 1 aromatic heterocycles. The van der Waals surface area contributed by atoms with Crippen LogP contribution in [0.5, 0.6) is 0 Å². The lowest BCUT2D eigenvalue weighted by atomic mass is 9.84. The second-order valence-electron chi connectivity index (χ2n) is 9.24. The molecule has 2 heterocycles. The van der Waals surface area contributed by atoms with Crippen molar-refractivity contribution in [3.8, 4) is 0 Å². The third kappa shape index (κ3) is 6.55. The van der Waals surface area contributed by atoms with Crippen LogP contribution in [0.15, 0.2) is 24.3 Å². The highest BCUT2D eigenvalue weighted by atomic mass is 35.5. The van der Waals surface area contributed by atoms with Crippen molar-refractivity contribution in [2.75, 3.05) is 26.4 Å². The molecule has 2 unspecified atom stereocenters. The fourth-order valence-electron chi connectivity index (χ4n) is 5.00. The van der Waals surface area contributed by atoms with Crippen molar-refractivity contribution in [3.05, 3.63) is 50.4 Å². The Labute approximate surface area is 204 Å². The van der Waals surface area contributed by atoms with Crippen LogP contribution in [0.4, 0.5) is 0 Å². The lowest BCUT2D eigenvalue weighted by Gasteiger charge is -2.46. The number of benzene rings is 1. The standard InChI is InChI=1S/C25H33ClN2O4S/c1-16-17(2)33-25(27-16)19-5-9-21(10-6-19)28-12-23(14-31-15-24(29)30)32-13-22(28)11-18-3-7-20(26)8-4-18/h3-4,7-8,19,21-23H,5-6,9-15H2,1-2H3,(H,29,30). The fourth-order valence-corrected chi connectivity index (χ4v) is 6.22. The third-order valence-corrected chi connectivity index (χ3v) is 8.37. The molecule has 4 rings (SSSR count). The van der Waals surface area contributed by atoms with E-state index in [4.69, 9.17) is 31.2 Å². The van der Waals surface area contributed by atoms with Crippen LogP contribution < -0.4 is 0 Å². The number of aliphatic carboxylic acids is 1. The number of nitrogens with zero attached hydrogens (tertiary/aromatic N) is 2. The van der Waals surface area contributed by atoms with Crippen molar-refractivity contribution >= 4 is 28.9 Å². The summed E-state index contributed by atoms with van der Waals surface area (Å²) >= 11 is 7.93. The molecule has 8 heteroatoms. The number of hydrogen-bond acceptors (Lipinski definition) is 6. The number of morpholine rings is 1. The number of carboxylic acids is 1. The number of thiazole rings is 1. The Balaban J connectivity index is 1.41. The summed E-state index contributed by atoms with van der Waals surface area (Å²) in [6, 6.07) is 8.84. The van der Waals surface area contributed by atoms with Crippen LogP contribution in [-0.2, 0) is 20.7 Å². The van der Waals surface area contributed by atoms with Gasteiger partial charge in [0.15, 0.2) is 0 Å². The monoisotopic (exact) mass is 492 g/mol. The predicted octanol–water partition coefficient (Wildman–Crippen LogP) is 4.85. The number of halogens is 1. The van der Waals surface area contributed by atoms with E-state index in [0.717, 1.165) is 49.4 Å². The molecule has 1 saturated heterocycles. The Kier molecular flexibility index (Phi) is 8.41. The summed E-state index contributed by atoms with van der Waals surface area (Å²) in [5.74, 6) is -0.390. The summed E-state index contributed by atoms with van der Waals surface area (Å²) in [5.41, 5.74) is 2.42. The van der Waals surface area contributed by atoms with Crippen LogP contribution in [0.25, 0.3) is 0 Å². The number of hydrogen-bond donors (Lipinski definition) is 1. The van der Waals surface area contributed by atoms with E-state index in [0.29, 0.717) is 25.2 Å². The highest BCUT2D eigenvalue weighted by Crippen LogP contribution is 2.38. The van der Waals surface area contributed by atoms with Gasteiger partial charge in [0, 0.05) is 34.4 Å². The molecule has 1 aliphatic carbocycles. The largest absolute Gasteiger partial charge is 0.480 e. The third-order valence-electron chi connectivity index (χ3n) is 6.88. The number of carbonyl (C=O) groups is 1. The minimum Gasteiger partial charge on any atom is -0.480 e. The number of ether oxygens (including phenoxy) is 2. The Morgan fingerprint density at radius 3 is 2.61 bits per heavy atom. The first kappa shape index (κ1) is 24.6. The molecule has 1 N–H and O–H groups in total. The fraction of sp³-hybridized carbons (Fsp3) is 0.600. The van der Waals surface area contributed by atoms with E-state index >= 15 is 0 Å². The maximum atomic E-state index is 10.8. The van der Waals surface area contributed by atoms with Crippen molar-refractivity contribution in [2.24, 2.45) is 0 Å². The van der Waals surface area contributed by atoms with Gasteiger partial charge >= 0.3 is 5.97 Å². The summed E-state index contributed by atoms with van der Waals surface area (Å²) in [5, 5.41) is 10.9. The zero-order chi connectivity index (χ0) is 23.4. The quantitative estimate of drug-likeness (QED) is 0.567. The van der Waals surface area contributed by atoms with Crippen molar-refractivity contribution in [1.29, 1.82) is 0 Å². The van der Waals surface area contributed by atoms with E-state index in [9.17, 15) is 4.79 Å². The van der Waals surface area contributed by atoms with Crippen molar-refractivity contribution in [1.82, 2.24) is 9.88 Å². The zero-order valence-corrected chi connectivity index (χ0v) is 20.9. The molecule has 33 heavy (non-hydrogen) atoms. The molecule has 2 aliphatic rings.